The van der Waals surface area contributed by atoms with Crippen LogP contribution >= 0.6 is 15.9 Å². The van der Waals surface area contributed by atoms with Gasteiger partial charge in [0.05, 0.1) is 30.6 Å². The van der Waals surface area contributed by atoms with Gasteiger partial charge >= 0.3 is 0 Å². The first-order valence-electron chi connectivity index (χ1n) is 15.8. The Bertz CT molecular complexity index is 1480. The van der Waals surface area contributed by atoms with Crippen LogP contribution in [0.2, 0.25) is 0 Å². The number of aromatic nitrogens is 1. The number of benzene rings is 2. The Balaban J connectivity index is 1.83. The summed E-state index contributed by atoms with van der Waals surface area (Å²) >= 11 is 3.07. The summed E-state index contributed by atoms with van der Waals surface area (Å²) in [6, 6.07) is 13.6. The van der Waals surface area contributed by atoms with Crippen LogP contribution in [0.4, 0.5) is 8.78 Å². The van der Waals surface area contributed by atoms with Gasteiger partial charge in [-0.3, -0.25) is 14.4 Å². The Kier molecular flexibility index (Phi) is 14.6. The van der Waals surface area contributed by atoms with Crippen LogP contribution in [-0.4, -0.2) is 71.4 Å². The number of rotatable bonds is 17. The minimum Gasteiger partial charge on any atom is -0.378 e. The molecule has 256 valence electrons. The van der Waals surface area contributed by atoms with E-state index in [0.717, 1.165) is 23.4 Å². The Labute approximate surface area is 284 Å². The second-order valence-electron chi connectivity index (χ2n) is 12.4. The van der Waals surface area contributed by atoms with Crippen LogP contribution in [0.1, 0.15) is 57.8 Å². The topological polar surface area (TPSA) is 119 Å². The molecule has 47 heavy (non-hydrogen) atoms. The number of halogens is 3. The fraction of sp³-hybridized carbons (Fsp3) is 0.457. The summed E-state index contributed by atoms with van der Waals surface area (Å²) in [5.74, 6) is -1.72. The number of amides is 3. The monoisotopic (exact) mass is 717 g/mol. The molecule has 2 unspecified atom stereocenters. The minimum atomic E-state index is -0.881. The van der Waals surface area contributed by atoms with Crippen molar-refractivity contribution in [1.82, 2.24) is 20.1 Å². The second-order valence-corrected chi connectivity index (χ2v) is 12.9. The molecule has 3 aromatic rings. The largest absolute Gasteiger partial charge is 0.378 e. The van der Waals surface area contributed by atoms with Gasteiger partial charge in [0.2, 0.25) is 17.7 Å². The van der Waals surface area contributed by atoms with Gasteiger partial charge in [0.1, 0.15) is 11.6 Å². The van der Waals surface area contributed by atoms with Crippen molar-refractivity contribution in [3.8, 4) is 11.1 Å². The summed E-state index contributed by atoms with van der Waals surface area (Å²) in [6.45, 7) is 9.66. The number of hydrogen-bond donors (Lipinski definition) is 3. The Morgan fingerprint density at radius 3 is 2.34 bits per heavy atom. The molecule has 3 amide bonds. The van der Waals surface area contributed by atoms with Crippen molar-refractivity contribution < 1.29 is 27.9 Å². The first kappa shape index (κ1) is 37.8. The summed E-state index contributed by atoms with van der Waals surface area (Å²) in [6.07, 6.45) is 2.23. The molecule has 3 rings (SSSR count). The number of carbonyl (C=O) groups excluding carboxylic acids is 3. The van der Waals surface area contributed by atoms with Gasteiger partial charge in [-0.05, 0) is 41.7 Å². The van der Waals surface area contributed by atoms with Crippen molar-refractivity contribution in [3.05, 3.63) is 83.7 Å². The van der Waals surface area contributed by atoms with Gasteiger partial charge in [0.15, 0.2) is 0 Å². The molecular weight excluding hydrogens is 672 g/mol. The third kappa shape index (κ3) is 11.3. The smallest absolute Gasteiger partial charge is 0.237 e. The van der Waals surface area contributed by atoms with E-state index in [1.807, 2.05) is 61.7 Å². The third-order valence-corrected chi connectivity index (χ3v) is 8.16. The van der Waals surface area contributed by atoms with Gasteiger partial charge in [0.25, 0.3) is 0 Å². The van der Waals surface area contributed by atoms with Crippen LogP contribution in [0.5, 0.6) is 0 Å². The minimum absolute atomic E-state index is 0.121. The fourth-order valence-corrected chi connectivity index (χ4v) is 5.61. The van der Waals surface area contributed by atoms with Crippen LogP contribution in [0.3, 0.4) is 0 Å². The van der Waals surface area contributed by atoms with Crippen LogP contribution in [0, 0.1) is 17.0 Å². The molecule has 0 aliphatic carbocycles. The molecule has 1 heterocycles. The molecule has 0 radical (unpaired) electrons. The standard InChI is InChI=1S/C35H46BrF2N5O4/c1-5-32(45)43(16-13-29(39)34(46)41-15-18-47-17-14-40-31(44)21-36)33(35(2,3)4)30-19-25(27-20-26(37)11-12-28(27)38)23-42(30)22-24-9-7-6-8-10-24/h6-12,19-20,23,29,33H,5,13-18,21-22,39H2,1-4H3,(H,40,44)(H,41,46). The quantitative estimate of drug-likeness (QED) is 0.132. The molecular formula is C35H46BrF2N5O4. The van der Waals surface area contributed by atoms with E-state index in [4.69, 9.17) is 10.5 Å². The lowest BCUT2D eigenvalue weighted by atomic mass is 9.82. The second kappa shape index (κ2) is 18.1. The number of ether oxygens (including phenoxy) is 1. The van der Waals surface area contributed by atoms with Crippen LogP contribution < -0.4 is 16.4 Å². The molecule has 0 spiro atoms. The van der Waals surface area contributed by atoms with E-state index in [9.17, 15) is 23.2 Å². The first-order valence-corrected chi connectivity index (χ1v) is 16.9. The summed E-state index contributed by atoms with van der Waals surface area (Å²) in [5.41, 5.74) is 8.17. The highest BCUT2D eigenvalue weighted by Crippen LogP contribution is 2.41. The number of nitrogens with zero attached hydrogens (tertiary/aromatic N) is 2. The normalized spacial score (nSPS) is 12.8. The van der Waals surface area contributed by atoms with Crippen molar-refractivity contribution in [1.29, 1.82) is 0 Å². The molecule has 0 aliphatic rings. The van der Waals surface area contributed by atoms with Crippen molar-refractivity contribution in [2.45, 2.75) is 59.2 Å². The van der Waals surface area contributed by atoms with Crippen molar-refractivity contribution >= 4 is 33.7 Å². The van der Waals surface area contributed by atoms with Crippen LogP contribution in [0.15, 0.2) is 60.8 Å². The maximum atomic E-state index is 15.0. The Hall–Kier alpha value is -3.61. The van der Waals surface area contributed by atoms with Crippen molar-refractivity contribution in [2.24, 2.45) is 11.1 Å². The molecule has 12 heteroatoms. The van der Waals surface area contributed by atoms with Gasteiger partial charge in [-0.25, -0.2) is 8.78 Å². The maximum absolute atomic E-state index is 15.0. The summed E-state index contributed by atoms with van der Waals surface area (Å²) in [7, 11) is 0. The molecule has 0 bridgehead atoms. The van der Waals surface area contributed by atoms with E-state index in [-0.39, 0.29) is 61.2 Å². The third-order valence-electron chi connectivity index (χ3n) is 7.65. The van der Waals surface area contributed by atoms with Crippen molar-refractivity contribution in [2.75, 3.05) is 38.2 Å². The number of alkyl halides is 1. The molecule has 1 aromatic heterocycles. The molecule has 0 aliphatic heterocycles. The van der Waals surface area contributed by atoms with Gasteiger partial charge in [-0.15, -0.1) is 0 Å². The van der Waals surface area contributed by atoms with E-state index >= 15 is 0 Å². The van der Waals surface area contributed by atoms with Crippen LogP contribution in [-0.2, 0) is 25.7 Å². The van der Waals surface area contributed by atoms with Gasteiger partial charge in [0, 0.05) is 55.6 Å². The highest BCUT2D eigenvalue weighted by atomic mass is 79.9. The highest BCUT2D eigenvalue weighted by Gasteiger charge is 2.37. The maximum Gasteiger partial charge on any atom is 0.237 e. The molecule has 4 N–H and O–H groups in total. The average molecular weight is 719 g/mol. The van der Waals surface area contributed by atoms with E-state index in [2.05, 4.69) is 26.6 Å². The number of hydrogen-bond acceptors (Lipinski definition) is 5. The zero-order chi connectivity index (χ0) is 34.6. The molecule has 0 saturated heterocycles. The summed E-state index contributed by atoms with van der Waals surface area (Å²) < 4.78 is 36.6. The molecule has 0 saturated carbocycles. The van der Waals surface area contributed by atoms with Crippen molar-refractivity contribution in [3.63, 3.8) is 0 Å². The lowest BCUT2D eigenvalue weighted by Crippen LogP contribution is -2.47. The highest BCUT2D eigenvalue weighted by molar-refractivity contribution is 9.09. The first-order chi connectivity index (χ1) is 22.3. The zero-order valence-electron chi connectivity index (χ0n) is 27.5. The van der Waals surface area contributed by atoms with E-state index in [1.54, 1.807) is 18.0 Å². The fourth-order valence-electron chi connectivity index (χ4n) is 5.41. The van der Waals surface area contributed by atoms with Crippen LogP contribution in [0.25, 0.3) is 11.1 Å². The summed E-state index contributed by atoms with van der Waals surface area (Å²) in [4.78, 5) is 39.4. The molecule has 2 aromatic carbocycles. The molecule has 2 atom stereocenters. The Morgan fingerprint density at radius 1 is 1.02 bits per heavy atom. The lowest BCUT2D eigenvalue weighted by molar-refractivity contribution is -0.137. The SMILES string of the molecule is CCC(=O)N(CCC(N)C(=O)NCCOCCNC(=O)CBr)C(c1cc(-c2cc(F)ccc2F)cn1Cc1ccccc1)C(C)(C)C. The van der Waals surface area contributed by atoms with E-state index in [0.29, 0.717) is 25.3 Å². The van der Waals surface area contributed by atoms with Gasteiger partial charge < -0.3 is 30.6 Å². The predicted molar refractivity (Wildman–Crippen MR) is 183 cm³/mol. The summed E-state index contributed by atoms with van der Waals surface area (Å²) in [5, 5.41) is 5.65. The van der Waals surface area contributed by atoms with E-state index < -0.39 is 29.1 Å². The zero-order valence-corrected chi connectivity index (χ0v) is 29.1. The van der Waals surface area contributed by atoms with Gasteiger partial charge in [-0.2, -0.15) is 0 Å². The van der Waals surface area contributed by atoms with Gasteiger partial charge in [-0.1, -0.05) is 74.0 Å². The lowest BCUT2D eigenvalue weighted by Gasteiger charge is -2.41. The average Bonchev–Trinajstić information content (AvgIpc) is 3.44. The number of nitrogens with one attached hydrogen (secondary N) is 2. The molecule has 0 fully saturated rings. The Morgan fingerprint density at radius 2 is 1.70 bits per heavy atom. The molecule has 9 nitrogen and oxygen atoms in total. The van der Waals surface area contributed by atoms with E-state index in [1.165, 1.54) is 6.07 Å². The number of nitrogens with two attached hydrogens (primary N) is 1. The predicted octanol–water partition coefficient (Wildman–Crippen LogP) is 5.17. The number of carbonyl (C=O) groups is 3.